The van der Waals surface area contributed by atoms with Gasteiger partial charge in [-0.3, -0.25) is 4.90 Å². The van der Waals surface area contributed by atoms with Crippen molar-refractivity contribution in [3.8, 4) is 0 Å². The molecule has 1 saturated heterocycles. The highest BCUT2D eigenvalue weighted by Crippen LogP contribution is 2.36. The van der Waals surface area contributed by atoms with Gasteiger partial charge in [-0.1, -0.05) is 36.8 Å². The van der Waals surface area contributed by atoms with Gasteiger partial charge in [0.15, 0.2) is 0 Å². The first-order valence-corrected chi connectivity index (χ1v) is 8.40. The van der Waals surface area contributed by atoms with Crippen molar-refractivity contribution in [2.45, 2.75) is 44.9 Å². The van der Waals surface area contributed by atoms with Crippen molar-refractivity contribution >= 4 is 0 Å². The summed E-state index contributed by atoms with van der Waals surface area (Å²) in [4.78, 5) is 2.62. The smallest absolute Gasteiger partial charge is 0.0636 e. The van der Waals surface area contributed by atoms with Crippen molar-refractivity contribution in [1.29, 1.82) is 0 Å². The number of nitrogens with one attached hydrogen (secondary N) is 1. The van der Waals surface area contributed by atoms with Gasteiger partial charge in [-0.2, -0.15) is 0 Å². The lowest BCUT2D eigenvalue weighted by Crippen LogP contribution is -2.44. The Balaban J connectivity index is 1.57. The van der Waals surface area contributed by atoms with Gasteiger partial charge in [0.25, 0.3) is 0 Å². The Labute approximate surface area is 128 Å². The van der Waals surface area contributed by atoms with Crippen LogP contribution in [0.25, 0.3) is 0 Å². The van der Waals surface area contributed by atoms with E-state index in [2.05, 4.69) is 40.5 Å². The second kappa shape index (κ2) is 6.91. The highest BCUT2D eigenvalue weighted by atomic mass is 16.3. The molecular weight excluding hydrogens is 260 g/mol. The normalized spacial score (nSPS) is 31.0. The first-order chi connectivity index (χ1) is 10.2. The zero-order valence-corrected chi connectivity index (χ0v) is 13.0. The van der Waals surface area contributed by atoms with E-state index >= 15 is 0 Å². The van der Waals surface area contributed by atoms with Gasteiger partial charge in [-0.15, -0.1) is 0 Å². The summed E-state index contributed by atoms with van der Waals surface area (Å²) >= 11 is 0. The van der Waals surface area contributed by atoms with Gasteiger partial charge < -0.3 is 10.4 Å². The fourth-order valence-corrected chi connectivity index (χ4v) is 4.11. The predicted molar refractivity (Wildman–Crippen MR) is 86.0 cm³/mol. The van der Waals surface area contributed by atoms with Crippen molar-refractivity contribution in [2.75, 3.05) is 19.6 Å². The summed E-state index contributed by atoms with van der Waals surface area (Å²) in [6.45, 7) is 6.12. The molecule has 1 aliphatic carbocycles. The highest BCUT2D eigenvalue weighted by molar-refractivity contribution is 5.15. The molecule has 2 N–H and O–H groups in total. The van der Waals surface area contributed by atoms with Crippen LogP contribution in [-0.2, 0) is 6.54 Å². The van der Waals surface area contributed by atoms with Gasteiger partial charge in [0.2, 0.25) is 0 Å². The summed E-state index contributed by atoms with van der Waals surface area (Å²) in [7, 11) is 0. The van der Waals surface area contributed by atoms with Crippen LogP contribution in [0.4, 0.5) is 0 Å². The molecule has 1 aliphatic heterocycles. The number of nitrogens with zero attached hydrogens (tertiary/aromatic N) is 1. The third kappa shape index (κ3) is 3.85. The maximum atomic E-state index is 9.50. The molecule has 3 heteroatoms. The molecule has 0 aromatic heterocycles. The fourth-order valence-electron chi connectivity index (χ4n) is 4.11. The number of aliphatic hydroxyl groups is 1. The third-order valence-electron chi connectivity index (χ3n) is 5.10. The van der Waals surface area contributed by atoms with E-state index < -0.39 is 0 Å². The zero-order valence-electron chi connectivity index (χ0n) is 13.0. The van der Waals surface area contributed by atoms with E-state index in [0.29, 0.717) is 6.04 Å². The molecule has 1 aromatic rings. The Bertz CT molecular complexity index is 434. The molecule has 3 nitrogen and oxygen atoms in total. The molecule has 21 heavy (non-hydrogen) atoms. The van der Waals surface area contributed by atoms with Crippen molar-refractivity contribution in [1.82, 2.24) is 10.2 Å². The molecule has 0 spiro atoms. The van der Waals surface area contributed by atoms with Crippen LogP contribution in [0.3, 0.4) is 0 Å². The van der Waals surface area contributed by atoms with Crippen LogP contribution < -0.4 is 5.32 Å². The number of aliphatic hydroxyl groups excluding tert-OH is 1. The Morgan fingerprint density at radius 1 is 1.24 bits per heavy atom. The summed E-state index contributed by atoms with van der Waals surface area (Å²) in [5.41, 5.74) is 1.42. The molecule has 3 rings (SSSR count). The number of rotatable bonds is 5. The van der Waals surface area contributed by atoms with Gasteiger partial charge in [0.1, 0.15) is 0 Å². The molecule has 116 valence electrons. The summed E-state index contributed by atoms with van der Waals surface area (Å²) in [6.07, 6.45) is 3.74. The first-order valence-electron chi connectivity index (χ1n) is 8.40. The summed E-state index contributed by atoms with van der Waals surface area (Å²) in [5.74, 6) is 1.61. The first kappa shape index (κ1) is 15.0. The lowest BCUT2D eigenvalue weighted by molar-refractivity contribution is 0.160. The largest absolute Gasteiger partial charge is 0.392 e. The number of fused-ring (bicyclic) bond motifs is 1. The van der Waals surface area contributed by atoms with Crippen LogP contribution in [0, 0.1) is 11.8 Å². The van der Waals surface area contributed by atoms with E-state index in [9.17, 15) is 5.11 Å². The van der Waals surface area contributed by atoms with Gasteiger partial charge in [-0.25, -0.2) is 0 Å². The molecule has 1 heterocycles. The molecule has 4 atom stereocenters. The minimum absolute atomic E-state index is 0.243. The number of benzene rings is 1. The quantitative estimate of drug-likeness (QED) is 0.872. The zero-order chi connectivity index (χ0) is 14.7. The number of hydrogen-bond donors (Lipinski definition) is 2. The van der Waals surface area contributed by atoms with Crippen LogP contribution in [-0.4, -0.2) is 41.8 Å². The highest BCUT2D eigenvalue weighted by Gasteiger charge is 2.39. The van der Waals surface area contributed by atoms with Gasteiger partial charge in [0.05, 0.1) is 6.10 Å². The third-order valence-corrected chi connectivity index (χ3v) is 5.10. The van der Waals surface area contributed by atoms with Crippen molar-refractivity contribution < 1.29 is 5.11 Å². The lowest BCUT2D eigenvalue weighted by Gasteiger charge is -2.34. The summed E-state index contributed by atoms with van der Waals surface area (Å²) in [6, 6.07) is 11.4. The molecule has 0 amide bonds. The van der Waals surface area contributed by atoms with Crippen LogP contribution in [0.1, 0.15) is 31.7 Å². The van der Waals surface area contributed by atoms with E-state index in [0.717, 1.165) is 24.9 Å². The standard InChI is InChI=1S/C18H28N2O/c1-14(21)10-19-18-9-5-8-16-12-20(13-17(16)18)11-15-6-3-2-4-7-15/h2-4,6-7,14,16-19,21H,5,8-13H2,1H3/t14-,16+,17-,18+/m0/s1. The minimum atomic E-state index is -0.243. The minimum Gasteiger partial charge on any atom is -0.392 e. The van der Waals surface area contributed by atoms with Gasteiger partial charge >= 0.3 is 0 Å². The molecular formula is C18H28N2O. The Morgan fingerprint density at radius 3 is 2.81 bits per heavy atom. The lowest BCUT2D eigenvalue weighted by atomic mass is 9.78. The van der Waals surface area contributed by atoms with Gasteiger partial charge in [0, 0.05) is 32.2 Å². The molecule has 0 bridgehead atoms. The van der Waals surface area contributed by atoms with Crippen LogP contribution in [0.15, 0.2) is 30.3 Å². The van der Waals surface area contributed by atoms with Crippen LogP contribution in [0.5, 0.6) is 0 Å². The number of hydrogen-bond acceptors (Lipinski definition) is 3. The molecule has 1 aromatic carbocycles. The SMILES string of the molecule is C[C@H](O)CN[C@@H]1CCC[C@@H]2CN(Cc3ccccc3)C[C@@H]21. The Hall–Kier alpha value is -0.900. The van der Waals surface area contributed by atoms with Crippen molar-refractivity contribution in [2.24, 2.45) is 11.8 Å². The monoisotopic (exact) mass is 288 g/mol. The topological polar surface area (TPSA) is 35.5 Å². The van der Waals surface area contributed by atoms with Crippen molar-refractivity contribution in [3.05, 3.63) is 35.9 Å². The molecule has 0 unspecified atom stereocenters. The van der Waals surface area contributed by atoms with E-state index in [1.54, 1.807) is 0 Å². The number of likely N-dealkylation sites (tertiary alicyclic amines) is 1. The molecule has 2 fully saturated rings. The molecule has 1 saturated carbocycles. The second-order valence-corrected chi connectivity index (χ2v) is 6.90. The second-order valence-electron chi connectivity index (χ2n) is 6.90. The average Bonchev–Trinajstić information content (AvgIpc) is 2.89. The summed E-state index contributed by atoms with van der Waals surface area (Å²) < 4.78 is 0. The van der Waals surface area contributed by atoms with E-state index in [1.807, 2.05) is 6.92 Å². The molecule has 0 radical (unpaired) electrons. The van der Waals surface area contributed by atoms with Gasteiger partial charge in [-0.05, 0) is 37.2 Å². The van der Waals surface area contributed by atoms with Crippen LogP contribution >= 0.6 is 0 Å². The van der Waals surface area contributed by atoms with E-state index in [4.69, 9.17) is 0 Å². The molecule has 2 aliphatic rings. The van der Waals surface area contributed by atoms with E-state index in [1.165, 1.54) is 37.9 Å². The predicted octanol–water partition coefficient (Wildman–Crippen LogP) is 2.26. The average molecular weight is 288 g/mol. The van der Waals surface area contributed by atoms with Crippen molar-refractivity contribution in [3.63, 3.8) is 0 Å². The maximum Gasteiger partial charge on any atom is 0.0636 e. The summed E-state index contributed by atoms with van der Waals surface area (Å²) in [5, 5.41) is 13.1. The van der Waals surface area contributed by atoms with E-state index in [-0.39, 0.29) is 6.10 Å². The maximum absolute atomic E-state index is 9.50. The fraction of sp³-hybridized carbons (Fsp3) is 0.667. The Kier molecular flexibility index (Phi) is 4.94. The Morgan fingerprint density at radius 2 is 2.05 bits per heavy atom. The van der Waals surface area contributed by atoms with Crippen LogP contribution in [0.2, 0.25) is 0 Å².